The van der Waals surface area contributed by atoms with Crippen molar-refractivity contribution in [2.24, 2.45) is 0 Å². The Kier molecular flexibility index (Phi) is 4.98. The zero-order valence-electron chi connectivity index (χ0n) is 17.2. The van der Waals surface area contributed by atoms with Crippen molar-refractivity contribution in [1.29, 1.82) is 0 Å². The van der Waals surface area contributed by atoms with Gasteiger partial charge in [0.2, 0.25) is 0 Å². The molecule has 3 aromatic rings. The summed E-state index contributed by atoms with van der Waals surface area (Å²) < 4.78 is 31.6. The number of para-hydroxylation sites is 1. The SMILES string of the molecule is COc1cccc2c1O[C@]1(C)C[C@@H]2N(C(=O)c2ccc(Br)o2)C(=S)N1c1ccc(F)cc1. The minimum absolute atomic E-state index is 0.151. The second-order valence-corrected chi connectivity index (χ2v) is 8.90. The van der Waals surface area contributed by atoms with Crippen molar-refractivity contribution >= 4 is 44.9 Å². The fraction of sp³-hybridized carbons (Fsp3) is 0.217. The van der Waals surface area contributed by atoms with E-state index in [1.54, 1.807) is 42.3 Å². The number of fused-ring (bicyclic) bond motifs is 4. The molecular formula is C23H18BrFN2O4S. The third kappa shape index (κ3) is 3.18. The van der Waals surface area contributed by atoms with E-state index >= 15 is 0 Å². The number of benzene rings is 2. The quantitative estimate of drug-likeness (QED) is 0.417. The monoisotopic (exact) mass is 516 g/mol. The summed E-state index contributed by atoms with van der Waals surface area (Å²) in [6.07, 6.45) is 0.429. The van der Waals surface area contributed by atoms with Crippen LogP contribution >= 0.6 is 28.1 Å². The molecule has 0 unspecified atom stereocenters. The Morgan fingerprint density at radius 3 is 2.62 bits per heavy atom. The van der Waals surface area contributed by atoms with E-state index in [-0.39, 0.29) is 22.6 Å². The third-order valence-electron chi connectivity index (χ3n) is 5.75. The van der Waals surface area contributed by atoms with Crippen LogP contribution in [0.4, 0.5) is 10.1 Å². The first-order chi connectivity index (χ1) is 15.3. The highest BCUT2D eigenvalue weighted by Crippen LogP contribution is 2.52. The number of rotatable bonds is 3. The summed E-state index contributed by atoms with van der Waals surface area (Å²) in [5, 5.41) is 0.237. The van der Waals surface area contributed by atoms with Crippen molar-refractivity contribution in [3.8, 4) is 11.5 Å². The average Bonchev–Trinajstić information content (AvgIpc) is 3.20. The molecule has 1 fully saturated rings. The Labute approximate surface area is 197 Å². The van der Waals surface area contributed by atoms with E-state index in [4.69, 9.17) is 26.1 Å². The molecule has 1 saturated heterocycles. The van der Waals surface area contributed by atoms with Crippen LogP contribution in [0.2, 0.25) is 0 Å². The molecule has 6 nitrogen and oxygen atoms in total. The second-order valence-electron chi connectivity index (χ2n) is 7.75. The lowest BCUT2D eigenvalue weighted by Gasteiger charge is -2.55. The van der Waals surface area contributed by atoms with Crippen molar-refractivity contribution < 1.29 is 23.1 Å². The molecule has 164 valence electrons. The van der Waals surface area contributed by atoms with Gasteiger partial charge in [-0.1, -0.05) is 12.1 Å². The predicted octanol–water partition coefficient (Wildman–Crippen LogP) is 5.68. The molecule has 9 heteroatoms. The lowest BCUT2D eigenvalue weighted by Crippen LogP contribution is -2.67. The zero-order valence-corrected chi connectivity index (χ0v) is 19.6. The molecule has 2 bridgehead atoms. The van der Waals surface area contributed by atoms with E-state index in [2.05, 4.69) is 15.9 Å². The molecule has 2 aliphatic rings. The number of amides is 1. The van der Waals surface area contributed by atoms with Crippen LogP contribution in [0.15, 0.2) is 63.7 Å². The number of thiocarbonyl (C=S) groups is 1. The van der Waals surface area contributed by atoms with Gasteiger partial charge in [0.1, 0.15) is 5.82 Å². The summed E-state index contributed by atoms with van der Waals surface area (Å²) in [5.41, 5.74) is 0.470. The second kappa shape index (κ2) is 7.60. The number of anilines is 1. The van der Waals surface area contributed by atoms with Crippen LogP contribution in [0.3, 0.4) is 0 Å². The minimum Gasteiger partial charge on any atom is -0.493 e. The van der Waals surface area contributed by atoms with Gasteiger partial charge in [0.05, 0.1) is 13.2 Å². The van der Waals surface area contributed by atoms with E-state index in [9.17, 15) is 9.18 Å². The Morgan fingerprint density at radius 2 is 1.97 bits per heavy atom. The molecule has 3 heterocycles. The molecule has 2 atom stereocenters. The molecule has 0 saturated carbocycles. The lowest BCUT2D eigenvalue weighted by atomic mass is 9.88. The maximum absolute atomic E-state index is 13.6. The van der Waals surface area contributed by atoms with Gasteiger partial charge in [-0.3, -0.25) is 14.6 Å². The lowest BCUT2D eigenvalue weighted by molar-refractivity contribution is 0.0152. The average molecular weight is 517 g/mol. The Balaban J connectivity index is 1.70. The summed E-state index contributed by atoms with van der Waals surface area (Å²) in [4.78, 5) is 16.9. The highest BCUT2D eigenvalue weighted by molar-refractivity contribution is 9.10. The number of hydrogen-bond acceptors (Lipinski definition) is 5. The molecule has 0 spiro atoms. The van der Waals surface area contributed by atoms with Crippen LogP contribution in [0.25, 0.3) is 0 Å². The van der Waals surface area contributed by atoms with E-state index in [0.29, 0.717) is 28.3 Å². The van der Waals surface area contributed by atoms with Crippen molar-refractivity contribution in [3.63, 3.8) is 0 Å². The van der Waals surface area contributed by atoms with Gasteiger partial charge in [-0.2, -0.15) is 0 Å². The molecule has 0 aliphatic carbocycles. The fourth-order valence-corrected chi connectivity index (χ4v) is 5.17. The standard InChI is InChI=1S/C23H18BrFN2O4S/c1-23-12-16(15-4-3-5-17(29-2)20(15)31-23)26(21(28)18-10-11-19(24)30-18)22(32)27(23)14-8-6-13(25)7-9-14/h3-11,16H,12H2,1-2H3/t16-,23+/m0/s1. The van der Waals surface area contributed by atoms with Crippen molar-refractivity contribution in [2.45, 2.75) is 25.1 Å². The molecular weight excluding hydrogens is 499 g/mol. The number of hydrogen-bond donors (Lipinski definition) is 0. The number of carbonyl (C=O) groups excluding carboxylic acids is 1. The minimum atomic E-state index is -0.929. The Hall–Kier alpha value is -2.91. The Morgan fingerprint density at radius 1 is 1.22 bits per heavy atom. The van der Waals surface area contributed by atoms with Crippen LogP contribution in [0.1, 0.15) is 35.5 Å². The van der Waals surface area contributed by atoms with Gasteiger partial charge in [0.15, 0.2) is 32.8 Å². The number of ether oxygens (including phenoxy) is 2. The fourth-order valence-electron chi connectivity index (χ4n) is 4.36. The van der Waals surface area contributed by atoms with Crippen molar-refractivity contribution in [2.75, 3.05) is 12.0 Å². The molecule has 1 amide bonds. The van der Waals surface area contributed by atoms with Crippen molar-refractivity contribution in [3.05, 3.63) is 76.4 Å². The first-order valence-electron chi connectivity index (χ1n) is 9.87. The van der Waals surface area contributed by atoms with Gasteiger partial charge in [-0.15, -0.1) is 0 Å². The predicted molar refractivity (Wildman–Crippen MR) is 123 cm³/mol. The van der Waals surface area contributed by atoms with Crippen LogP contribution in [-0.4, -0.2) is 28.8 Å². The summed E-state index contributed by atoms with van der Waals surface area (Å²) in [7, 11) is 1.57. The molecule has 2 aromatic carbocycles. The van der Waals surface area contributed by atoms with Crippen LogP contribution in [-0.2, 0) is 0 Å². The molecule has 2 aliphatic heterocycles. The maximum Gasteiger partial charge on any atom is 0.296 e. The van der Waals surface area contributed by atoms with Gasteiger partial charge in [-0.25, -0.2) is 4.39 Å². The molecule has 32 heavy (non-hydrogen) atoms. The molecule has 1 aromatic heterocycles. The van der Waals surface area contributed by atoms with Crippen LogP contribution in [0, 0.1) is 5.82 Å². The van der Waals surface area contributed by atoms with Gasteiger partial charge < -0.3 is 13.9 Å². The molecule has 0 radical (unpaired) electrons. The van der Waals surface area contributed by atoms with Gasteiger partial charge in [0, 0.05) is 17.7 Å². The highest BCUT2D eigenvalue weighted by atomic mass is 79.9. The van der Waals surface area contributed by atoms with E-state index in [1.165, 1.54) is 17.0 Å². The first kappa shape index (κ1) is 21.0. The molecule has 0 N–H and O–H groups in total. The maximum atomic E-state index is 13.6. The van der Waals surface area contributed by atoms with E-state index < -0.39 is 11.8 Å². The van der Waals surface area contributed by atoms with Gasteiger partial charge in [0.25, 0.3) is 5.91 Å². The number of nitrogens with zero attached hydrogens (tertiary/aromatic N) is 2. The largest absolute Gasteiger partial charge is 0.493 e. The summed E-state index contributed by atoms with van der Waals surface area (Å²) in [6.45, 7) is 1.90. The van der Waals surface area contributed by atoms with Gasteiger partial charge >= 0.3 is 0 Å². The molecule has 5 rings (SSSR count). The zero-order chi connectivity index (χ0) is 22.6. The van der Waals surface area contributed by atoms with Crippen LogP contribution in [0.5, 0.6) is 11.5 Å². The van der Waals surface area contributed by atoms with Crippen molar-refractivity contribution in [1.82, 2.24) is 4.90 Å². The number of carbonyl (C=O) groups is 1. The number of halogens is 2. The van der Waals surface area contributed by atoms with Crippen LogP contribution < -0.4 is 14.4 Å². The van der Waals surface area contributed by atoms with E-state index in [0.717, 1.165) is 5.56 Å². The van der Waals surface area contributed by atoms with Gasteiger partial charge in [-0.05, 0) is 77.5 Å². The summed E-state index contributed by atoms with van der Waals surface area (Å²) in [6, 6.07) is 14.3. The third-order valence-corrected chi connectivity index (χ3v) is 6.56. The summed E-state index contributed by atoms with van der Waals surface area (Å²) >= 11 is 9.08. The highest BCUT2D eigenvalue weighted by Gasteiger charge is 2.54. The number of methoxy groups -OCH3 is 1. The Bertz CT molecular complexity index is 1230. The smallest absolute Gasteiger partial charge is 0.296 e. The normalized spacial score (nSPS) is 21.8. The summed E-state index contributed by atoms with van der Waals surface area (Å²) in [5.74, 6) is 0.498. The topological polar surface area (TPSA) is 55.2 Å². The van der Waals surface area contributed by atoms with E-state index in [1.807, 2.05) is 19.1 Å². The first-order valence-corrected chi connectivity index (χ1v) is 11.1. The number of furan rings is 1.